The predicted octanol–water partition coefficient (Wildman–Crippen LogP) is 7.90. The Morgan fingerprint density at radius 3 is 0.722 bits per heavy atom. The van der Waals surface area contributed by atoms with Crippen molar-refractivity contribution in [2.24, 2.45) is 0 Å². The van der Waals surface area contributed by atoms with Gasteiger partial charge >= 0.3 is 99.5 Å². The maximum absolute atomic E-state index is 10.7. The van der Waals surface area contributed by atoms with E-state index in [-0.39, 0.29) is 0 Å². The summed E-state index contributed by atoms with van der Waals surface area (Å²) in [6.45, 7) is 3.39. The SMILES string of the molecule is C=C[CH2][Ni+2].F[P-](F)(F)(F)(F)F.F[P-](F)(F)(F)(F)F. The first-order valence-corrected chi connectivity index (χ1v) is 7.82. The summed E-state index contributed by atoms with van der Waals surface area (Å²) in [4.78, 5) is 0. The van der Waals surface area contributed by atoms with Crippen LogP contribution in [0.15, 0.2) is 12.7 Å². The zero-order chi connectivity index (χ0) is 16.2. The van der Waals surface area contributed by atoms with E-state index < -0.39 is 15.6 Å². The molecule has 0 bridgehead atoms. The van der Waals surface area contributed by atoms with E-state index in [9.17, 15) is 50.4 Å². The van der Waals surface area contributed by atoms with Gasteiger partial charge in [-0.2, -0.15) is 0 Å². The minimum absolute atomic E-state index is 0.708. The quantitative estimate of drug-likeness (QED) is 0.185. The van der Waals surface area contributed by atoms with Gasteiger partial charge in [-0.3, -0.25) is 0 Å². The second-order valence-electron chi connectivity index (χ2n) is 2.33. The molecule has 121 valence electrons. The molecule has 0 fully saturated rings. The molecule has 0 saturated heterocycles. The summed E-state index contributed by atoms with van der Waals surface area (Å²) in [7, 11) is -21.3. The van der Waals surface area contributed by atoms with E-state index in [4.69, 9.17) is 0 Å². The molecule has 0 atom stereocenters. The molecular formula is C3H5F12NiP2. The van der Waals surface area contributed by atoms with Crippen molar-refractivity contribution in [3.8, 4) is 0 Å². The molecule has 0 unspecified atom stereocenters. The van der Waals surface area contributed by atoms with Crippen molar-refractivity contribution in [1.29, 1.82) is 0 Å². The zero-order valence-electron chi connectivity index (χ0n) is 7.74. The van der Waals surface area contributed by atoms with Gasteiger partial charge in [-0.05, 0) is 0 Å². The fourth-order valence-electron chi connectivity index (χ4n) is 0. The van der Waals surface area contributed by atoms with E-state index in [0.717, 1.165) is 0 Å². The van der Waals surface area contributed by atoms with Crippen LogP contribution in [0.3, 0.4) is 0 Å². The number of hydrogen-bond acceptors (Lipinski definition) is 0. The molecule has 0 aromatic carbocycles. The number of rotatable bonds is 1. The minimum atomic E-state index is -10.7. The maximum atomic E-state index is 9.87. The molecular weight excluding hydrogens is 385 g/mol. The van der Waals surface area contributed by atoms with Crippen LogP contribution in [0.1, 0.15) is 0 Å². The molecule has 0 amide bonds. The van der Waals surface area contributed by atoms with Crippen LogP contribution in [0, 0.1) is 0 Å². The predicted molar refractivity (Wildman–Crippen MR) is 42.1 cm³/mol. The Balaban J connectivity index is -0.000000196. The van der Waals surface area contributed by atoms with Gasteiger partial charge in [0.1, 0.15) is 0 Å². The zero-order valence-corrected chi connectivity index (χ0v) is 10.5. The first kappa shape index (κ1) is 23.4. The van der Waals surface area contributed by atoms with Crippen LogP contribution in [0.25, 0.3) is 0 Å². The third kappa shape index (κ3) is 2410. The summed E-state index contributed by atoms with van der Waals surface area (Å²) in [6, 6.07) is 0. The van der Waals surface area contributed by atoms with E-state index in [1.54, 1.807) is 6.08 Å². The van der Waals surface area contributed by atoms with Crippen LogP contribution >= 0.6 is 15.6 Å². The van der Waals surface area contributed by atoms with Gasteiger partial charge in [0.25, 0.3) is 0 Å². The Bertz CT molecular complexity index is 222. The molecule has 0 aliphatic heterocycles. The van der Waals surface area contributed by atoms with E-state index >= 15 is 0 Å². The molecule has 0 aliphatic carbocycles. The summed E-state index contributed by atoms with van der Waals surface area (Å²) >= 11 is 4.20. The van der Waals surface area contributed by atoms with Crippen LogP contribution in [-0.4, -0.2) is 0 Å². The molecule has 0 aliphatic rings. The van der Waals surface area contributed by atoms with Crippen LogP contribution in [0.4, 0.5) is 50.4 Å². The Morgan fingerprint density at radius 2 is 0.722 bits per heavy atom. The van der Waals surface area contributed by atoms with Gasteiger partial charge in [0.2, 0.25) is 0 Å². The van der Waals surface area contributed by atoms with Gasteiger partial charge < -0.3 is 0 Å². The van der Waals surface area contributed by atoms with E-state index in [1.807, 2.05) is 0 Å². The van der Waals surface area contributed by atoms with E-state index in [0.29, 0.717) is 5.39 Å². The van der Waals surface area contributed by atoms with Crippen molar-refractivity contribution in [2.75, 3.05) is 0 Å². The molecule has 0 rings (SSSR count). The van der Waals surface area contributed by atoms with Gasteiger partial charge in [-0.25, -0.2) is 0 Å². The topological polar surface area (TPSA) is 0 Å². The van der Waals surface area contributed by atoms with Crippen LogP contribution in [0.5, 0.6) is 0 Å². The van der Waals surface area contributed by atoms with E-state index in [2.05, 4.69) is 22.0 Å². The molecule has 15 heteroatoms. The molecule has 0 saturated carbocycles. The van der Waals surface area contributed by atoms with Gasteiger partial charge in [-0.15, -0.1) is 0 Å². The summed E-state index contributed by atoms with van der Waals surface area (Å²) in [5, 5.41) is 0.708. The van der Waals surface area contributed by atoms with Crippen LogP contribution in [0.2, 0.25) is 5.39 Å². The Kier molecular flexibility index (Phi) is 5.68. The normalized spacial score (nSPS) is 19.4. The van der Waals surface area contributed by atoms with Crippen molar-refractivity contribution in [3.63, 3.8) is 0 Å². The monoisotopic (exact) mass is 389 g/mol. The fourth-order valence-corrected chi connectivity index (χ4v) is 0. The Hall–Kier alpha value is 0.254. The third-order valence-electron chi connectivity index (χ3n) is 0.0913. The average Bonchev–Trinajstić information content (AvgIpc) is 1.71. The van der Waals surface area contributed by atoms with Crippen LogP contribution in [-0.2, 0) is 15.5 Å². The van der Waals surface area contributed by atoms with Gasteiger partial charge in [0.05, 0.1) is 0 Å². The summed E-state index contributed by atoms with van der Waals surface area (Å²) in [6.07, 6.45) is 1.71. The fraction of sp³-hybridized carbons (Fsp3) is 0.333. The first-order valence-electron chi connectivity index (χ1n) is 3.07. The van der Waals surface area contributed by atoms with Gasteiger partial charge in [0, 0.05) is 0 Å². The third-order valence-corrected chi connectivity index (χ3v) is 0.376. The van der Waals surface area contributed by atoms with Crippen molar-refractivity contribution in [2.45, 2.75) is 5.39 Å². The van der Waals surface area contributed by atoms with Gasteiger partial charge in [-0.1, -0.05) is 0 Å². The second kappa shape index (κ2) is 4.38. The first-order chi connectivity index (χ1) is 6.81. The summed E-state index contributed by atoms with van der Waals surface area (Å²) in [5.74, 6) is 0. The molecule has 18 heavy (non-hydrogen) atoms. The molecule has 0 radical (unpaired) electrons. The average molecular weight is 390 g/mol. The standard InChI is InChI=1S/C3H5.2F6P.Ni/c1-3-2;2*1-7(2,3,4,5)6;/h3H,1-2H2;;;/q;2*-1;+2. The molecule has 0 N–H and O–H groups in total. The molecule has 0 aromatic heterocycles. The van der Waals surface area contributed by atoms with E-state index in [1.165, 1.54) is 0 Å². The summed E-state index contributed by atoms with van der Waals surface area (Å²) in [5.41, 5.74) is 0. The number of halogens is 12. The Morgan fingerprint density at radius 1 is 0.667 bits per heavy atom. The molecule has 0 nitrogen and oxygen atoms in total. The van der Waals surface area contributed by atoms with Crippen molar-refractivity contribution in [1.82, 2.24) is 0 Å². The second-order valence-corrected chi connectivity index (χ2v) is 6.57. The van der Waals surface area contributed by atoms with Crippen LogP contribution < -0.4 is 0 Å². The Labute approximate surface area is 100 Å². The molecule has 0 heterocycles. The van der Waals surface area contributed by atoms with Crippen molar-refractivity contribution >= 4 is 15.6 Å². The number of hydrogen-bond donors (Lipinski definition) is 0. The summed E-state index contributed by atoms with van der Waals surface area (Å²) < 4.78 is 118. The molecule has 0 aromatic rings. The number of allylic oxidation sites excluding steroid dienone is 1. The van der Waals surface area contributed by atoms with Crippen molar-refractivity contribution < 1.29 is 65.8 Å². The van der Waals surface area contributed by atoms with Gasteiger partial charge in [0.15, 0.2) is 0 Å². The van der Waals surface area contributed by atoms with Crippen molar-refractivity contribution in [3.05, 3.63) is 12.7 Å². The molecule has 0 spiro atoms.